The number of piperidine rings is 1. The fourth-order valence-corrected chi connectivity index (χ4v) is 8.16. The number of benzene rings is 1. The molecule has 6 rings (SSSR count). The normalized spacial score (nSPS) is 22.9. The molecule has 3 heterocycles. The van der Waals surface area contributed by atoms with Gasteiger partial charge in [0.25, 0.3) is 0 Å². The molecule has 2 saturated carbocycles. The van der Waals surface area contributed by atoms with Gasteiger partial charge in [0.1, 0.15) is 6.33 Å². The molecule has 3 aliphatic rings. The average Bonchev–Trinajstić information content (AvgIpc) is 3.71. The maximum atomic E-state index is 13.5. The first-order valence-electron chi connectivity index (χ1n) is 15.0. The summed E-state index contributed by atoms with van der Waals surface area (Å²) in [4.78, 5) is 26.3. The summed E-state index contributed by atoms with van der Waals surface area (Å²) in [6.45, 7) is 0.682. The predicted molar refractivity (Wildman–Crippen MR) is 158 cm³/mol. The van der Waals surface area contributed by atoms with Crippen molar-refractivity contribution in [1.29, 1.82) is 0 Å². The average molecular weight is 597 g/mol. The van der Waals surface area contributed by atoms with Gasteiger partial charge in [-0.25, -0.2) is 33.6 Å². The highest BCUT2D eigenvalue weighted by Gasteiger charge is 2.35. The van der Waals surface area contributed by atoms with E-state index in [0.29, 0.717) is 32.0 Å². The van der Waals surface area contributed by atoms with Crippen molar-refractivity contribution in [2.24, 2.45) is 5.73 Å². The third-order valence-electron chi connectivity index (χ3n) is 9.06. The number of esters is 1. The first-order chi connectivity index (χ1) is 20.3. The number of aromatic nitrogens is 4. The van der Waals surface area contributed by atoms with Gasteiger partial charge in [-0.05, 0) is 69.6 Å². The van der Waals surface area contributed by atoms with Crippen LogP contribution in [0.4, 0.5) is 5.82 Å². The van der Waals surface area contributed by atoms with Crippen LogP contribution in [-0.4, -0.2) is 76.5 Å². The van der Waals surface area contributed by atoms with Crippen molar-refractivity contribution < 1.29 is 17.9 Å². The fraction of sp³-hybridized carbons (Fsp3) is 0.586. The van der Waals surface area contributed by atoms with E-state index in [2.05, 4.69) is 20.0 Å². The van der Waals surface area contributed by atoms with Crippen molar-refractivity contribution in [3.8, 4) is 0 Å². The highest BCUT2D eigenvalue weighted by atomic mass is 32.2. The van der Waals surface area contributed by atoms with Gasteiger partial charge in [0.2, 0.25) is 10.0 Å². The molecule has 0 bridgehead atoms. The first kappa shape index (κ1) is 29.0. The molecule has 2 aliphatic carbocycles. The summed E-state index contributed by atoms with van der Waals surface area (Å²) < 4.78 is 35.6. The number of hydrazine groups is 1. The minimum atomic E-state index is -3.78. The van der Waals surface area contributed by atoms with E-state index in [1.54, 1.807) is 18.5 Å². The van der Waals surface area contributed by atoms with Crippen LogP contribution in [0.25, 0.3) is 11.2 Å². The molecule has 226 valence electrons. The van der Waals surface area contributed by atoms with Crippen LogP contribution in [-0.2, 0) is 14.8 Å². The Kier molecular flexibility index (Phi) is 8.44. The molecule has 0 atom stereocenters. The van der Waals surface area contributed by atoms with Crippen LogP contribution >= 0.6 is 0 Å². The van der Waals surface area contributed by atoms with Gasteiger partial charge in [0, 0.05) is 37.3 Å². The topological polar surface area (TPSA) is 149 Å². The number of methoxy groups -OCH3 is 1. The first-order valence-corrected chi connectivity index (χ1v) is 16.5. The number of ether oxygens (including phenoxy) is 1. The minimum absolute atomic E-state index is 0.00295. The Morgan fingerprint density at radius 3 is 2.48 bits per heavy atom. The lowest BCUT2D eigenvalue weighted by Crippen LogP contribution is -2.56. The SMILES string of the molecule is COC(=O)c1cccc(S(=O)(=O)N2CCC(N(NC3CCC(N)CC3)c3ncnc4c3ncn4C3CCCC3)CC2)c1. The number of nitrogens with one attached hydrogen (secondary N) is 1. The zero-order valence-corrected chi connectivity index (χ0v) is 24.9. The van der Waals surface area contributed by atoms with Crippen LogP contribution in [0.5, 0.6) is 0 Å². The number of carbonyl (C=O) groups is 1. The highest BCUT2D eigenvalue weighted by Crippen LogP contribution is 2.34. The van der Waals surface area contributed by atoms with E-state index in [1.807, 2.05) is 6.33 Å². The largest absolute Gasteiger partial charge is 0.465 e. The molecule has 12 nitrogen and oxygen atoms in total. The number of imidazole rings is 1. The molecule has 1 aliphatic heterocycles. The Bertz CT molecular complexity index is 1510. The van der Waals surface area contributed by atoms with Crippen molar-refractivity contribution in [3.05, 3.63) is 42.5 Å². The molecule has 1 saturated heterocycles. The molecule has 42 heavy (non-hydrogen) atoms. The zero-order valence-electron chi connectivity index (χ0n) is 24.1. The van der Waals surface area contributed by atoms with E-state index in [1.165, 1.54) is 36.4 Å². The lowest BCUT2D eigenvalue weighted by molar-refractivity contribution is 0.0600. The molecule has 0 radical (unpaired) electrons. The standard InChI is InChI=1S/C29H40N8O4S/c1-41-29(38)20-5-4-8-25(17-20)42(39,40)35-15-13-24(14-16-35)37(34-22-11-9-21(30)10-12-22)28-26-27(31-18-32-28)36(19-33-26)23-6-2-3-7-23/h4-5,8,17-19,21-24,34H,2-3,6-7,9-16,30H2,1H3. The second kappa shape index (κ2) is 12.2. The summed E-state index contributed by atoms with van der Waals surface area (Å²) in [5.41, 5.74) is 11.8. The molecule has 0 spiro atoms. The van der Waals surface area contributed by atoms with Gasteiger partial charge in [-0.1, -0.05) is 18.9 Å². The van der Waals surface area contributed by atoms with Crippen molar-refractivity contribution in [3.63, 3.8) is 0 Å². The van der Waals surface area contributed by atoms with Crippen molar-refractivity contribution in [1.82, 2.24) is 29.3 Å². The number of nitrogens with two attached hydrogens (primary N) is 1. The summed E-state index contributed by atoms with van der Waals surface area (Å²) in [5.74, 6) is 0.168. The van der Waals surface area contributed by atoms with Crippen LogP contribution in [0.1, 0.15) is 80.6 Å². The fourth-order valence-electron chi connectivity index (χ4n) is 6.64. The molecular weight excluding hydrogens is 556 g/mol. The van der Waals surface area contributed by atoms with Crippen LogP contribution < -0.4 is 16.2 Å². The number of rotatable bonds is 8. The van der Waals surface area contributed by atoms with Gasteiger partial charge in [0.05, 0.1) is 23.9 Å². The monoisotopic (exact) mass is 596 g/mol. The van der Waals surface area contributed by atoms with Crippen LogP contribution in [0.3, 0.4) is 0 Å². The van der Waals surface area contributed by atoms with Crippen LogP contribution in [0.15, 0.2) is 41.8 Å². The molecule has 3 aromatic rings. The number of anilines is 1. The molecule has 0 unspecified atom stereocenters. The Balaban J connectivity index is 1.25. The van der Waals surface area contributed by atoms with E-state index >= 15 is 0 Å². The van der Waals surface area contributed by atoms with Gasteiger partial charge in [-0.3, -0.25) is 5.01 Å². The molecule has 13 heteroatoms. The highest BCUT2D eigenvalue weighted by molar-refractivity contribution is 7.89. The number of hydrogen-bond donors (Lipinski definition) is 2. The van der Waals surface area contributed by atoms with E-state index in [-0.39, 0.29) is 28.6 Å². The molecule has 1 aromatic carbocycles. The Labute approximate surface area is 246 Å². The number of hydrogen-bond acceptors (Lipinski definition) is 10. The van der Waals surface area contributed by atoms with Crippen molar-refractivity contribution in [2.75, 3.05) is 25.2 Å². The predicted octanol–water partition coefficient (Wildman–Crippen LogP) is 3.16. The maximum absolute atomic E-state index is 13.5. The van der Waals surface area contributed by atoms with Crippen molar-refractivity contribution >= 4 is 33.0 Å². The lowest BCUT2D eigenvalue weighted by Gasteiger charge is -2.41. The number of fused-ring (bicyclic) bond motifs is 1. The summed E-state index contributed by atoms with van der Waals surface area (Å²) >= 11 is 0. The third kappa shape index (κ3) is 5.75. The van der Waals surface area contributed by atoms with E-state index in [4.69, 9.17) is 20.4 Å². The third-order valence-corrected chi connectivity index (χ3v) is 11.0. The van der Waals surface area contributed by atoms with Gasteiger partial charge >= 0.3 is 5.97 Å². The number of carbonyl (C=O) groups excluding carboxylic acids is 1. The Morgan fingerprint density at radius 2 is 1.76 bits per heavy atom. The van der Waals surface area contributed by atoms with E-state index < -0.39 is 16.0 Å². The molecule has 3 fully saturated rings. The molecule has 3 N–H and O–H groups in total. The molecule has 0 amide bonds. The Morgan fingerprint density at radius 1 is 1.02 bits per heavy atom. The number of sulfonamides is 1. The van der Waals surface area contributed by atoms with Gasteiger partial charge in [-0.2, -0.15) is 4.31 Å². The van der Waals surface area contributed by atoms with Gasteiger partial charge in [-0.15, -0.1) is 0 Å². The Hall–Kier alpha value is -3.13. The smallest absolute Gasteiger partial charge is 0.337 e. The summed E-state index contributed by atoms with van der Waals surface area (Å²) in [6.07, 6.45) is 13.3. The quantitative estimate of drug-likeness (QED) is 0.293. The maximum Gasteiger partial charge on any atom is 0.337 e. The second-order valence-electron chi connectivity index (χ2n) is 11.7. The van der Waals surface area contributed by atoms with Crippen molar-refractivity contribution in [2.45, 2.75) is 93.3 Å². The van der Waals surface area contributed by atoms with Gasteiger partial charge in [0.15, 0.2) is 17.0 Å². The minimum Gasteiger partial charge on any atom is -0.465 e. The number of nitrogens with zero attached hydrogens (tertiary/aromatic N) is 6. The zero-order chi connectivity index (χ0) is 29.3. The van der Waals surface area contributed by atoms with E-state index in [9.17, 15) is 13.2 Å². The summed E-state index contributed by atoms with van der Waals surface area (Å²) in [6, 6.07) is 6.91. The lowest BCUT2D eigenvalue weighted by atomic mass is 9.92. The molecule has 2 aromatic heterocycles. The van der Waals surface area contributed by atoms with E-state index in [0.717, 1.165) is 55.5 Å². The second-order valence-corrected chi connectivity index (χ2v) is 13.7. The van der Waals surface area contributed by atoms with Crippen LogP contribution in [0, 0.1) is 0 Å². The summed E-state index contributed by atoms with van der Waals surface area (Å²) in [5, 5.41) is 2.14. The van der Waals surface area contributed by atoms with Gasteiger partial charge < -0.3 is 15.0 Å². The molecular formula is C29H40N8O4S. The summed E-state index contributed by atoms with van der Waals surface area (Å²) in [7, 11) is -2.50. The van der Waals surface area contributed by atoms with Crippen LogP contribution in [0.2, 0.25) is 0 Å².